The van der Waals surface area contributed by atoms with E-state index in [1.165, 1.54) is 19.3 Å². The predicted molar refractivity (Wildman–Crippen MR) is 131 cm³/mol. The number of ether oxygens (including phenoxy) is 1. The van der Waals surface area contributed by atoms with Crippen LogP contribution in [0.1, 0.15) is 19.3 Å². The Morgan fingerprint density at radius 1 is 1.03 bits per heavy atom. The molecule has 1 aliphatic heterocycles. The largest absolute Gasteiger partial charge is 0.492 e. The van der Waals surface area contributed by atoms with Crippen molar-refractivity contribution in [3.63, 3.8) is 0 Å². The van der Waals surface area contributed by atoms with Gasteiger partial charge >= 0.3 is 6.03 Å². The van der Waals surface area contributed by atoms with Crippen molar-refractivity contribution in [2.75, 3.05) is 36.9 Å². The van der Waals surface area contributed by atoms with Crippen LogP contribution in [0.2, 0.25) is 0 Å². The van der Waals surface area contributed by atoms with Crippen LogP contribution in [0, 0.1) is 0 Å². The van der Waals surface area contributed by atoms with Gasteiger partial charge in [0.15, 0.2) is 0 Å². The van der Waals surface area contributed by atoms with E-state index in [9.17, 15) is 4.79 Å². The SMILES string of the molecule is Cn1nccc1-c1cc(NC(=O)Nc2ccc(Br)cc2)ccc1OCCN1CCCCC1. The number of likely N-dealkylation sites (tertiary alicyclic amines) is 1. The van der Waals surface area contributed by atoms with Crippen molar-refractivity contribution in [3.05, 3.63) is 59.2 Å². The first kappa shape index (κ1) is 22.4. The fourth-order valence-electron chi connectivity index (χ4n) is 3.87. The summed E-state index contributed by atoms with van der Waals surface area (Å²) in [4.78, 5) is 14.9. The summed E-state index contributed by atoms with van der Waals surface area (Å²) in [6.07, 6.45) is 5.62. The maximum atomic E-state index is 12.5. The summed E-state index contributed by atoms with van der Waals surface area (Å²) >= 11 is 3.40. The van der Waals surface area contributed by atoms with Gasteiger partial charge in [-0.05, 0) is 74.5 Å². The summed E-state index contributed by atoms with van der Waals surface area (Å²) < 4.78 is 8.93. The van der Waals surface area contributed by atoms with Gasteiger partial charge in [-0.25, -0.2) is 4.79 Å². The second kappa shape index (κ2) is 10.7. The molecule has 1 fully saturated rings. The number of carbonyl (C=O) groups excluding carboxylic acids is 1. The van der Waals surface area contributed by atoms with Crippen LogP contribution in [-0.4, -0.2) is 47.0 Å². The van der Waals surface area contributed by atoms with E-state index in [0.29, 0.717) is 12.3 Å². The molecule has 168 valence electrons. The molecule has 8 heteroatoms. The number of rotatable bonds is 7. The van der Waals surface area contributed by atoms with Crippen LogP contribution in [0.5, 0.6) is 5.75 Å². The van der Waals surface area contributed by atoms with Gasteiger partial charge in [0.1, 0.15) is 12.4 Å². The van der Waals surface area contributed by atoms with Crippen LogP contribution in [0.15, 0.2) is 59.2 Å². The molecule has 4 rings (SSSR count). The van der Waals surface area contributed by atoms with Gasteiger partial charge < -0.3 is 15.4 Å². The van der Waals surface area contributed by atoms with Crippen LogP contribution < -0.4 is 15.4 Å². The van der Waals surface area contributed by atoms with Crippen molar-refractivity contribution in [2.45, 2.75) is 19.3 Å². The van der Waals surface area contributed by atoms with Gasteiger partial charge in [-0.15, -0.1) is 0 Å². The maximum Gasteiger partial charge on any atom is 0.323 e. The minimum Gasteiger partial charge on any atom is -0.492 e. The molecule has 2 aromatic carbocycles. The molecule has 2 heterocycles. The summed E-state index contributed by atoms with van der Waals surface area (Å²) in [7, 11) is 1.90. The average molecular weight is 498 g/mol. The van der Waals surface area contributed by atoms with Gasteiger partial charge in [0.05, 0.1) is 5.69 Å². The molecule has 1 aromatic heterocycles. The standard InChI is InChI=1S/C24H28BrN5O2/c1-29-22(11-12-26-29)21-17-20(28-24(31)27-19-7-5-18(25)6-8-19)9-10-23(21)32-16-15-30-13-3-2-4-14-30/h5-12,17H,2-4,13-16H2,1H3,(H2,27,28,31). The third kappa shape index (κ3) is 5.89. The number of aryl methyl sites for hydroxylation is 1. The third-order valence-corrected chi connectivity index (χ3v) is 6.08. The van der Waals surface area contributed by atoms with Gasteiger partial charge in [-0.3, -0.25) is 9.58 Å². The third-order valence-electron chi connectivity index (χ3n) is 5.55. The summed E-state index contributed by atoms with van der Waals surface area (Å²) in [6.45, 7) is 3.84. The van der Waals surface area contributed by atoms with Crippen molar-refractivity contribution in [1.82, 2.24) is 14.7 Å². The monoisotopic (exact) mass is 497 g/mol. The van der Waals surface area contributed by atoms with Crippen LogP contribution in [0.3, 0.4) is 0 Å². The molecule has 0 radical (unpaired) electrons. The fourth-order valence-corrected chi connectivity index (χ4v) is 4.13. The predicted octanol–water partition coefficient (Wildman–Crippen LogP) is 5.36. The van der Waals surface area contributed by atoms with Gasteiger partial charge in [0.2, 0.25) is 0 Å². The van der Waals surface area contributed by atoms with Crippen molar-refractivity contribution >= 4 is 33.3 Å². The summed E-state index contributed by atoms with van der Waals surface area (Å²) in [5.41, 5.74) is 3.22. The van der Waals surface area contributed by atoms with E-state index in [-0.39, 0.29) is 6.03 Å². The van der Waals surface area contributed by atoms with E-state index in [4.69, 9.17) is 4.74 Å². The number of hydrogen-bond donors (Lipinski definition) is 2. The van der Waals surface area contributed by atoms with Crippen LogP contribution in [-0.2, 0) is 7.05 Å². The lowest BCUT2D eigenvalue weighted by Gasteiger charge is -2.26. The van der Waals surface area contributed by atoms with Gasteiger partial charge in [-0.2, -0.15) is 5.10 Å². The molecule has 2 N–H and O–H groups in total. The highest BCUT2D eigenvalue weighted by atomic mass is 79.9. The number of anilines is 2. The Morgan fingerprint density at radius 2 is 1.75 bits per heavy atom. The Labute approximate surface area is 196 Å². The smallest absolute Gasteiger partial charge is 0.323 e. The second-order valence-corrected chi connectivity index (χ2v) is 8.80. The summed E-state index contributed by atoms with van der Waals surface area (Å²) in [6, 6.07) is 14.8. The molecule has 0 atom stereocenters. The molecule has 0 bridgehead atoms. The first-order chi connectivity index (χ1) is 15.6. The quantitative estimate of drug-likeness (QED) is 0.460. The highest BCUT2D eigenvalue weighted by molar-refractivity contribution is 9.10. The molecule has 1 saturated heterocycles. The van der Waals surface area contributed by atoms with Crippen LogP contribution in [0.25, 0.3) is 11.3 Å². The number of benzene rings is 2. The first-order valence-corrected chi connectivity index (χ1v) is 11.7. The second-order valence-electron chi connectivity index (χ2n) is 7.89. The lowest BCUT2D eigenvalue weighted by Crippen LogP contribution is -2.33. The highest BCUT2D eigenvalue weighted by Gasteiger charge is 2.14. The van der Waals surface area contributed by atoms with E-state index in [1.54, 1.807) is 10.9 Å². The molecule has 3 aromatic rings. The van der Waals surface area contributed by atoms with Crippen molar-refractivity contribution < 1.29 is 9.53 Å². The Balaban J connectivity index is 1.46. The topological polar surface area (TPSA) is 71.4 Å². The first-order valence-electron chi connectivity index (χ1n) is 10.9. The average Bonchev–Trinajstić information content (AvgIpc) is 3.22. The van der Waals surface area contributed by atoms with Crippen molar-refractivity contribution in [2.24, 2.45) is 7.05 Å². The molecule has 1 aliphatic rings. The molecule has 0 saturated carbocycles. The zero-order valence-electron chi connectivity index (χ0n) is 18.2. The Morgan fingerprint density at radius 3 is 2.47 bits per heavy atom. The molecule has 0 spiro atoms. The van der Waals surface area contributed by atoms with Crippen molar-refractivity contribution in [3.8, 4) is 17.0 Å². The van der Waals surface area contributed by atoms with Crippen LogP contribution in [0.4, 0.5) is 16.2 Å². The minimum absolute atomic E-state index is 0.304. The Hall–Kier alpha value is -2.84. The molecule has 7 nitrogen and oxygen atoms in total. The molecule has 0 unspecified atom stereocenters. The number of halogens is 1. The number of carbonyl (C=O) groups is 1. The number of urea groups is 1. The lowest BCUT2D eigenvalue weighted by molar-refractivity contribution is 0.183. The maximum absolute atomic E-state index is 12.5. The Kier molecular flexibility index (Phi) is 7.44. The molecular weight excluding hydrogens is 470 g/mol. The van der Waals surface area contributed by atoms with Crippen molar-refractivity contribution in [1.29, 1.82) is 0 Å². The minimum atomic E-state index is -0.304. The van der Waals surface area contributed by atoms with E-state index < -0.39 is 0 Å². The van der Waals surface area contributed by atoms with E-state index in [0.717, 1.165) is 46.8 Å². The van der Waals surface area contributed by atoms with E-state index in [1.807, 2.05) is 55.6 Å². The fraction of sp³-hybridized carbons (Fsp3) is 0.333. The number of amides is 2. The normalized spacial score (nSPS) is 14.2. The van der Waals surface area contributed by atoms with Gasteiger partial charge in [0.25, 0.3) is 0 Å². The zero-order chi connectivity index (χ0) is 22.3. The zero-order valence-corrected chi connectivity index (χ0v) is 19.8. The lowest BCUT2D eigenvalue weighted by atomic mass is 10.1. The van der Waals surface area contributed by atoms with E-state index in [2.05, 4.69) is 36.6 Å². The molecular formula is C24H28BrN5O2. The number of piperidine rings is 1. The Bertz CT molecular complexity index is 1040. The van der Waals surface area contributed by atoms with Gasteiger partial charge in [-0.1, -0.05) is 22.4 Å². The molecule has 32 heavy (non-hydrogen) atoms. The number of nitrogens with zero attached hydrogens (tertiary/aromatic N) is 3. The summed E-state index contributed by atoms with van der Waals surface area (Å²) in [5, 5.41) is 10.0. The highest BCUT2D eigenvalue weighted by Crippen LogP contribution is 2.32. The van der Waals surface area contributed by atoms with Gasteiger partial charge in [0, 0.05) is 41.2 Å². The number of aromatic nitrogens is 2. The van der Waals surface area contributed by atoms with E-state index >= 15 is 0 Å². The number of hydrogen-bond acceptors (Lipinski definition) is 4. The molecule has 0 aliphatic carbocycles. The summed E-state index contributed by atoms with van der Waals surface area (Å²) in [5.74, 6) is 0.782. The molecule has 2 amide bonds. The van der Waals surface area contributed by atoms with Crippen LogP contribution >= 0.6 is 15.9 Å². The number of nitrogens with one attached hydrogen (secondary N) is 2.